The number of carbonyl (C=O) groups excluding carboxylic acids is 1. The number of nitrogens with one attached hydrogen (secondary N) is 1. The summed E-state index contributed by atoms with van der Waals surface area (Å²) in [6.45, 7) is 7.05. The number of ether oxygens (including phenoxy) is 3. The van der Waals surface area contributed by atoms with Crippen LogP contribution in [0.2, 0.25) is 0 Å². The molecule has 0 saturated carbocycles. The molecule has 0 bridgehead atoms. The van der Waals surface area contributed by atoms with Gasteiger partial charge in [0.05, 0.1) is 25.5 Å². The minimum absolute atomic E-state index is 0.241. The fourth-order valence-electron chi connectivity index (χ4n) is 2.31. The largest absolute Gasteiger partial charge is 0.490 e. The van der Waals surface area contributed by atoms with Crippen molar-refractivity contribution in [3.05, 3.63) is 43.9 Å². The van der Waals surface area contributed by atoms with E-state index >= 15 is 0 Å². The van der Waals surface area contributed by atoms with E-state index in [2.05, 4.69) is 43.8 Å². The molecule has 7 heteroatoms. The van der Waals surface area contributed by atoms with Crippen molar-refractivity contribution in [1.29, 1.82) is 0 Å². The van der Waals surface area contributed by atoms with Gasteiger partial charge in [-0.3, -0.25) is 4.79 Å². The van der Waals surface area contributed by atoms with E-state index in [4.69, 9.17) is 14.2 Å². The molecule has 0 spiro atoms. The summed E-state index contributed by atoms with van der Waals surface area (Å²) >= 11 is 5.60. The minimum Gasteiger partial charge on any atom is -0.490 e. The Hall–Kier alpha value is -1.48. The van der Waals surface area contributed by atoms with Gasteiger partial charge in [-0.05, 0) is 73.7 Å². The predicted octanol–water partition coefficient (Wildman–Crippen LogP) is 5.50. The van der Waals surface area contributed by atoms with E-state index in [9.17, 15) is 4.79 Å². The van der Waals surface area contributed by atoms with Crippen molar-refractivity contribution in [2.75, 3.05) is 25.1 Å². The summed E-state index contributed by atoms with van der Waals surface area (Å²) in [6, 6.07) is 9.03. The van der Waals surface area contributed by atoms with E-state index < -0.39 is 0 Å². The van der Waals surface area contributed by atoms with Crippen LogP contribution >= 0.6 is 38.5 Å². The fourth-order valence-corrected chi connectivity index (χ4v) is 3.74. The molecule has 5 nitrogen and oxygen atoms in total. The third-order valence-corrected chi connectivity index (χ3v) is 4.74. The van der Waals surface area contributed by atoms with Crippen molar-refractivity contribution in [3.63, 3.8) is 0 Å². The quantitative estimate of drug-likeness (QED) is 0.455. The molecule has 140 valence electrons. The van der Waals surface area contributed by atoms with Gasteiger partial charge in [0, 0.05) is 13.6 Å². The van der Waals surface area contributed by atoms with Crippen LogP contribution in [0.4, 0.5) is 5.69 Å². The maximum Gasteiger partial charge on any atom is 0.255 e. The Morgan fingerprint density at radius 3 is 2.08 bits per heavy atom. The van der Waals surface area contributed by atoms with Crippen LogP contribution in [0, 0.1) is 3.57 Å². The first kappa shape index (κ1) is 20.8. The average Bonchev–Trinajstić information content (AvgIpc) is 2.60. The zero-order valence-corrected chi connectivity index (χ0v) is 18.6. The highest BCUT2D eigenvalue weighted by Crippen LogP contribution is 2.39. The van der Waals surface area contributed by atoms with Gasteiger partial charge < -0.3 is 19.5 Å². The highest BCUT2D eigenvalue weighted by molar-refractivity contribution is 14.1. The van der Waals surface area contributed by atoms with Gasteiger partial charge in [0.1, 0.15) is 0 Å². The Balaban J connectivity index is 2.38. The predicted molar refractivity (Wildman–Crippen MR) is 115 cm³/mol. The van der Waals surface area contributed by atoms with Gasteiger partial charge in [-0.15, -0.1) is 0 Å². The summed E-state index contributed by atoms with van der Waals surface area (Å²) in [5.41, 5.74) is 1.18. The molecule has 0 radical (unpaired) electrons. The van der Waals surface area contributed by atoms with E-state index in [0.717, 1.165) is 13.7 Å². The van der Waals surface area contributed by atoms with Crippen molar-refractivity contribution < 1.29 is 19.0 Å². The molecule has 1 N–H and O–H groups in total. The molecule has 0 aromatic heterocycles. The van der Waals surface area contributed by atoms with Crippen LogP contribution in [0.5, 0.6) is 17.2 Å². The molecule has 0 unspecified atom stereocenters. The molecule has 0 aliphatic rings. The van der Waals surface area contributed by atoms with Gasteiger partial charge in [0.15, 0.2) is 11.5 Å². The zero-order chi connectivity index (χ0) is 19.1. The van der Waals surface area contributed by atoms with Crippen LogP contribution in [-0.2, 0) is 0 Å². The molecule has 0 heterocycles. The van der Waals surface area contributed by atoms with E-state index in [0.29, 0.717) is 42.6 Å². The second kappa shape index (κ2) is 10.0. The SMILES string of the molecule is CCOc1cc(C(=O)Nc2ccc(Br)cc2I)cc(OCC)c1OCC. The van der Waals surface area contributed by atoms with E-state index in [-0.39, 0.29) is 5.91 Å². The third-order valence-electron chi connectivity index (χ3n) is 3.35. The number of hydrogen-bond donors (Lipinski definition) is 1. The van der Waals surface area contributed by atoms with Crippen molar-refractivity contribution in [1.82, 2.24) is 0 Å². The van der Waals surface area contributed by atoms with Crippen LogP contribution in [0.15, 0.2) is 34.8 Å². The summed E-state index contributed by atoms with van der Waals surface area (Å²) in [5, 5.41) is 2.92. The normalized spacial score (nSPS) is 10.3. The Kier molecular flexibility index (Phi) is 8.02. The van der Waals surface area contributed by atoms with Crippen LogP contribution in [0.1, 0.15) is 31.1 Å². The number of benzene rings is 2. The smallest absolute Gasteiger partial charge is 0.255 e. The monoisotopic (exact) mass is 533 g/mol. The zero-order valence-electron chi connectivity index (χ0n) is 14.9. The number of halogens is 2. The van der Waals surface area contributed by atoms with Crippen molar-refractivity contribution in [2.45, 2.75) is 20.8 Å². The number of carbonyl (C=O) groups is 1. The maximum atomic E-state index is 12.8. The first-order valence-corrected chi connectivity index (χ1v) is 10.2. The molecule has 0 aliphatic carbocycles. The lowest BCUT2D eigenvalue weighted by Gasteiger charge is -2.17. The lowest BCUT2D eigenvalue weighted by Crippen LogP contribution is -2.14. The average molecular weight is 534 g/mol. The number of amides is 1. The molecular weight excluding hydrogens is 513 g/mol. The summed E-state index contributed by atoms with van der Waals surface area (Å²) in [5.74, 6) is 1.27. The Morgan fingerprint density at radius 2 is 1.58 bits per heavy atom. The fraction of sp³-hybridized carbons (Fsp3) is 0.316. The number of hydrogen-bond acceptors (Lipinski definition) is 4. The Bertz CT molecular complexity index is 755. The molecule has 0 saturated heterocycles. The van der Waals surface area contributed by atoms with Crippen LogP contribution in [-0.4, -0.2) is 25.7 Å². The second-order valence-corrected chi connectivity index (χ2v) is 7.26. The topological polar surface area (TPSA) is 56.8 Å². The van der Waals surface area contributed by atoms with Gasteiger partial charge in [-0.2, -0.15) is 0 Å². The van der Waals surface area contributed by atoms with Crippen molar-refractivity contribution in [2.24, 2.45) is 0 Å². The van der Waals surface area contributed by atoms with Crippen molar-refractivity contribution >= 4 is 50.1 Å². The summed E-state index contributed by atoms with van der Waals surface area (Å²) in [7, 11) is 0. The second-order valence-electron chi connectivity index (χ2n) is 5.18. The van der Waals surface area contributed by atoms with Gasteiger partial charge in [-0.1, -0.05) is 15.9 Å². The first-order valence-electron chi connectivity index (χ1n) is 8.32. The lowest BCUT2D eigenvalue weighted by molar-refractivity contribution is 0.102. The Labute approximate surface area is 175 Å². The van der Waals surface area contributed by atoms with E-state index in [1.54, 1.807) is 12.1 Å². The standard InChI is InChI=1S/C19H21BrINO4/c1-4-24-16-9-12(10-17(25-5-2)18(16)26-6-3)19(23)22-15-8-7-13(20)11-14(15)21/h7-11H,4-6H2,1-3H3,(H,22,23). The highest BCUT2D eigenvalue weighted by atomic mass is 127. The maximum absolute atomic E-state index is 12.8. The molecule has 0 fully saturated rings. The van der Waals surface area contributed by atoms with Crippen LogP contribution in [0.25, 0.3) is 0 Å². The van der Waals surface area contributed by atoms with Gasteiger partial charge in [0.2, 0.25) is 5.75 Å². The lowest BCUT2D eigenvalue weighted by atomic mass is 10.1. The molecule has 2 rings (SSSR count). The van der Waals surface area contributed by atoms with Crippen LogP contribution in [0.3, 0.4) is 0 Å². The molecule has 1 amide bonds. The van der Waals surface area contributed by atoms with Crippen molar-refractivity contribution in [3.8, 4) is 17.2 Å². The molecule has 26 heavy (non-hydrogen) atoms. The first-order chi connectivity index (χ1) is 12.5. The highest BCUT2D eigenvalue weighted by Gasteiger charge is 2.19. The van der Waals surface area contributed by atoms with Gasteiger partial charge in [-0.25, -0.2) is 0 Å². The summed E-state index contributed by atoms with van der Waals surface area (Å²) < 4.78 is 18.9. The third kappa shape index (κ3) is 5.26. The molecule has 0 aliphatic heterocycles. The summed E-state index contributed by atoms with van der Waals surface area (Å²) in [6.07, 6.45) is 0. The minimum atomic E-state index is -0.241. The molecule has 0 atom stereocenters. The Morgan fingerprint density at radius 1 is 1.00 bits per heavy atom. The number of rotatable bonds is 8. The van der Waals surface area contributed by atoms with E-state index in [1.165, 1.54) is 0 Å². The summed E-state index contributed by atoms with van der Waals surface area (Å²) in [4.78, 5) is 12.8. The van der Waals surface area contributed by atoms with Gasteiger partial charge in [0.25, 0.3) is 5.91 Å². The van der Waals surface area contributed by atoms with Gasteiger partial charge >= 0.3 is 0 Å². The molecule has 2 aromatic carbocycles. The van der Waals surface area contributed by atoms with Crippen LogP contribution < -0.4 is 19.5 Å². The van der Waals surface area contributed by atoms with E-state index in [1.807, 2.05) is 39.0 Å². The molecule has 2 aromatic rings. The number of anilines is 1. The molecular formula is C19H21BrINO4.